The number of carbonyl (C=O) groups is 2. The molecule has 0 spiro atoms. The Morgan fingerprint density at radius 2 is 1.66 bits per heavy atom. The molecule has 0 radical (unpaired) electrons. The fourth-order valence-corrected chi connectivity index (χ4v) is 3.79. The van der Waals surface area contributed by atoms with E-state index in [2.05, 4.69) is 32.7 Å². The zero-order valence-electron chi connectivity index (χ0n) is 21.1. The van der Waals surface area contributed by atoms with Crippen molar-refractivity contribution in [2.45, 2.75) is 70.1 Å². The van der Waals surface area contributed by atoms with Gasteiger partial charge in [0.25, 0.3) is 5.91 Å². The van der Waals surface area contributed by atoms with Gasteiger partial charge < -0.3 is 24.7 Å². The van der Waals surface area contributed by atoms with Crippen molar-refractivity contribution in [2.75, 3.05) is 13.7 Å². The zero-order chi connectivity index (χ0) is 25.5. The van der Waals surface area contributed by atoms with Crippen molar-refractivity contribution < 1.29 is 23.6 Å². The molecule has 2 aromatic rings. The largest absolute Gasteiger partial charge is 0.481 e. The van der Waals surface area contributed by atoms with Crippen molar-refractivity contribution in [3.63, 3.8) is 0 Å². The second-order valence-corrected chi connectivity index (χ2v) is 9.73. The number of amides is 2. The molecule has 0 saturated carbocycles. The van der Waals surface area contributed by atoms with Crippen LogP contribution < -0.4 is 10.6 Å². The van der Waals surface area contributed by atoms with Gasteiger partial charge in [-0.15, -0.1) is 0 Å². The average molecular weight is 482 g/mol. The van der Waals surface area contributed by atoms with E-state index in [0.29, 0.717) is 6.42 Å². The smallest absolute Gasteiger partial charge is 0.402 e. The van der Waals surface area contributed by atoms with Gasteiger partial charge in [0.15, 0.2) is 0 Å². The number of ether oxygens (including phenoxy) is 1. The number of hydrogen-bond donors (Lipinski definition) is 2. The first-order chi connectivity index (χ1) is 16.6. The van der Waals surface area contributed by atoms with Gasteiger partial charge in [-0.05, 0) is 52.5 Å². The van der Waals surface area contributed by atoms with Crippen LogP contribution in [0, 0.1) is 0 Å². The summed E-state index contributed by atoms with van der Waals surface area (Å²) in [5.74, 6) is -1.25. The second kappa shape index (κ2) is 11.7. The Hall–Kier alpha value is -2.82. The van der Waals surface area contributed by atoms with Gasteiger partial charge in [-0.25, -0.2) is 9.97 Å². The molecule has 2 atom stereocenters. The predicted molar refractivity (Wildman–Crippen MR) is 133 cm³/mol. The Kier molecular flexibility index (Phi) is 8.99. The Bertz CT molecular complexity index is 958. The lowest BCUT2D eigenvalue weighted by Gasteiger charge is -2.32. The zero-order valence-corrected chi connectivity index (χ0v) is 21.1. The average Bonchev–Trinajstić information content (AvgIpc) is 3.05. The van der Waals surface area contributed by atoms with Crippen LogP contribution in [0.15, 0.2) is 49.1 Å². The summed E-state index contributed by atoms with van der Waals surface area (Å²) in [6.45, 7) is 7.92. The van der Waals surface area contributed by atoms with Crippen molar-refractivity contribution >= 4 is 18.9 Å². The Labute approximate surface area is 207 Å². The van der Waals surface area contributed by atoms with E-state index in [0.717, 1.165) is 12.8 Å². The van der Waals surface area contributed by atoms with E-state index < -0.39 is 36.2 Å². The van der Waals surface area contributed by atoms with Gasteiger partial charge in [-0.3, -0.25) is 9.59 Å². The van der Waals surface area contributed by atoms with Crippen LogP contribution in [-0.2, 0) is 25.3 Å². The summed E-state index contributed by atoms with van der Waals surface area (Å²) in [5.41, 5.74) is 0.411. The van der Waals surface area contributed by atoms with Crippen molar-refractivity contribution in [3.05, 3.63) is 60.2 Å². The van der Waals surface area contributed by atoms with Gasteiger partial charge in [0.2, 0.25) is 5.91 Å². The highest BCUT2D eigenvalue weighted by Gasteiger charge is 2.54. The lowest BCUT2D eigenvalue weighted by atomic mass is 9.75. The minimum absolute atomic E-state index is 0.00532. The normalized spacial score (nSPS) is 18.0. The molecule has 35 heavy (non-hydrogen) atoms. The molecular formula is C25H35BN4O5. The van der Waals surface area contributed by atoms with Gasteiger partial charge in [0.05, 0.1) is 29.3 Å². The fourth-order valence-electron chi connectivity index (χ4n) is 3.79. The highest BCUT2D eigenvalue weighted by atomic mass is 16.7. The topological polar surface area (TPSA) is 112 Å². The Morgan fingerprint density at radius 3 is 2.26 bits per heavy atom. The maximum absolute atomic E-state index is 13.3. The van der Waals surface area contributed by atoms with Crippen molar-refractivity contribution in [1.29, 1.82) is 0 Å². The fraction of sp³-hybridized carbons (Fsp3) is 0.520. The van der Waals surface area contributed by atoms with Gasteiger partial charge in [0.1, 0.15) is 12.4 Å². The number of carbonyl (C=O) groups excluding carboxylic acids is 2. The molecule has 3 rings (SSSR count). The van der Waals surface area contributed by atoms with Gasteiger partial charge in [-0.1, -0.05) is 30.3 Å². The highest BCUT2D eigenvalue weighted by Crippen LogP contribution is 2.38. The lowest BCUT2D eigenvalue weighted by Crippen LogP contribution is -2.56. The number of aromatic nitrogens is 2. The lowest BCUT2D eigenvalue weighted by molar-refractivity contribution is -0.124. The van der Waals surface area contributed by atoms with Gasteiger partial charge >= 0.3 is 7.12 Å². The van der Waals surface area contributed by atoms with Crippen LogP contribution in [0.3, 0.4) is 0 Å². The molecule has 1 aliphatic heterocycles. The summed E-state index contributed by atoms with van der Waals surface area (Å²) < 4.78 is 17.7. The molecule has 2 amide bonds. The van der Waals surface area contributed by atoms with E-state index in [-0.39, 0.29) is 18.1 Å². The number of benzene rings is 1. The number of nitrogens with one attached hydrogen (secondary N) is 2. The van der Waals surface area contributed by atoms with Crippen LogP contribution in [0.5, 0.6) is 0 Å². The van der Waals surface area contributed by atoms with E-state index in [4.69, 9.17) is 14.0 Å². The van der Waals surface area contributed by atoms with Crippen LogP contribution in [0.1, 0.15) is 56.5 Å². The van der Waals surface area contributed by atoms with Crippen LogP contribution in [-0.4, -0.2) is 65.8 Å². The van der Waals surface area contributed by atoms with E-state index >= 15 is 0 Å². The standard InChI is InChI=1S/C25H35BN4O5/c1-24(2)25(3,4)35-26(34-24)21(13-9-12-18-10-7-6-8-11-18)30-23(32)20(16-33-5)29-22(31)19-14-27-17-28-15-19/h6-8,10-11,14-15,17,20-21H,9,12-13,16H2,1-5H3,(H,29,31)(H,30,32)/t20-,21+/m1/s1. The first kappa shape index (κ1) is 26.8. The molecule has 2 heterocycles. The SMILES string of the molecule is COC[C@@H](NC(=O)c1cncnc1)C(=O)N[C@@H](CCCc1ccccc1)B1OC(C)(C)C(C)(C)O1. The number of rotatable bonds is 11. The monoisotopic (exact) mass is 482 g/mol. The molecule has 0 unspecified atom stereocenters. The molecule has 9 nitrogen and oxygen atoms in total. The molecule has 1 saturated heterocycles. The van der Waals surface area contributed by atoms with E-state index in [1.807, 2.05) is 45.9 Å². The van der Waals surface area contributed by atoms with E-state index in [1.54, 1.807) is 0 Å². The van der Waals surface area contributed by atoms with E-state index in [9.17, 15) is 9.59 Å². The first-order valence-electron chi connectivity index (χ1n) is 11.9. The predicted octanol–water partition coefficient (Wildman–Crippen LogP) is 2.36. The van der Waals surface area contributed by atoms with Crippen LogP contribution >= 0.6 is 0 Å². The molecule has 1 aromatic heterocycles. The molecule has 0 bridgehead atoms. The number of hydrogen-bond acceptors (Lipinski definition) is 7. The molecule has 0 aliphatic carbocycles. The second-order valence-electron chi connectivity index (χ2n) is 9.73. The van der Waals surface area contributed by atoms with Crippen LogP contribution in [0.2, 0.25) is 0 Å². The molecular weight excluding hydrogens is 447 g/mol. The van der Waals surface area contributed by atoms with Crippen molar-refractivity contribution in [3.8, 4) is 0 Å². The minimum Gasteiger partial charge on any atom is -0.402 e. The van der Waals surface area contributed by atoms with Crippen molar-refractivity contribution in [1.82, 2.24) is 20.6 Å². The van der Waals surface area contributed by atoms with Crippen LogP contribution in [0.25, 0.3) is 0 Å². The molecule has 1 aliphatic rings. The number of aryl methyl sites for hydroxylation is 1. The van der Waals surface area contributed by atoms with Crippen LogP contribution in [0.4, 0.5) is 0 Å². The Morgan fingerprint density at radius 1 is 1.03 bits per heavy atom. The highest BCUT2D eigenvalue weighted by molar-refractivity contribution is 6.48. The maximum Gasteiger partial charge on any atom is 0.481 e. The summed E-state index contributed by atoms with van der Waals surface area (Å²) in [6.07, 6.45) is 6.43. The summed E-state index contributed by atoms with van der Waals surface area (Å²) in [4.78, 5) is 33.6. The summed E-state index contributed by atoms with van der Waals surface area (Å²) in [5, 5.41) is 5.75. The molecule has 2 N–H and O–H groups in total. The number of nitrogens with zero attached hydrogens (tertiary/aromatic N) is 2. The summed E-state index contributed by atoms with van der Waals surface area (Å²) in [7, 11) is 0.852. The molecule has 10 heteroatoms. The number of methoxy groups -OCH3 is 1. The molecule has 1 aromatic carbocycles. The summed E-state index contributed by atoms with van der Waals surface area (Å²) in [6, 6.07) is 9.27. The third-order valence-electron chi connectivity index (χ3n) is 6.53. The molecule has 188 valence electrons. The summed E-state index contributed by atoms with van der Waals surface area (Å²) >= 11 is 0. The van der Waals surface area contributed by atoms with E-state index in [1.165, 1.54) is 31.4 Å². The third-order valence-corrected chi connectivity index (χ3v) is 6.53. The van der Waals surface area contributed by atoms with Crippen molar-refractivity contribution in [2.24, 2.45) is 0 Å². The Balaban J connectivity index is 1.71. The quantitative estimate of drug-likeness (QED) is 0.473. The minimum atomic E-state index is -0.910. The molecule has 1 fully saturated rings. The van der Waals surface area contributed by atoms with Gasteiger partial charge in [0, 0.05) is 19.5 Å². The third kappa shape index (κ3) is 7.10. The van der Waals surface area contributed by atoms with Gasteiger partial charge in [-0.2, -0.15) is 0 Å². The first-order valence-corrected chi connectivity index (χ1v) is 11.9. The maximum atomic E-state index is 13.3.